The molecule has 1 aromatic heterocycles. The highest BCUT2D eigenvalue weighted by Gasteiger charge is 2.11. The number of hydrogen-bond donors (Lipinski definition) is 1. The minimum absolute atomic E-state index is 0.576. The van der Waals surface area contributed by atoms with Gasteiger partial charge in [-0.1, -0.05) is 13.8 Å². The maximum Gasteiger partial charge on any atom is 0.0786 e. The Bertz CT molecular complexity index is 242. The summed E-state index contributed by atoms with van der Waals surface area (Å²) in [4.78, 5) is 0. The summed E-state index contributed by atoms with van der Waals surface area (Å²) < 4.78 is 1.29. The fraction of sp³-hybridized carbons (Fsp3) is 0.625. The van der Waals surface area contributed by atoms with E-state index in [9.17, 15) is 0 Å². The summed E-state index contributed by atoms with van der Waals surface area (Å²) in [6.45, 7) is 6.45. The van der Waals surface area contributed by atoms with Crippen LogP contribution in [0.2, 0.25) is 0 Å². The summed E-state index contributed by atoms with van der Waals surface area (Å²) in [5.74, 6) is 0.576. The average molecular weight is 264 g/mol. The van der Waals surface area contributed by atoms with Gasteiger partial charge in [0.1, 0.15) is 0 Å². The quantitative estimate of drug-likeness (QED) is 0.817. The van der Waals surface area contributed by atoms with Crippen LogP contribution in [0.1, 0.15) is 37.6 Å². The van der Waals surface area contributed by atoms with Crippen LogP contribution in [-0.2, 0) is 0 Å². The van der Waals surface area contributed by atoms with Crippen molar-refractivity contribution in [3.8, 4) is 0 Å². The van der Waals surface area contributed by atoms with Crippen LogP contribution in [0.25, 0.3) is 0 Å². The number of aromatic nitrogens is 2. The van der Waals surface area contributed by atoms with Crippen molar-refractivity contribution >= 4 is 22.6 Å². The van der Waals surface area contributed by atoms with Gasteiger partial charge >= 0.3 is 0 Å². The second-order valence-electron chi connectivity index (χ2n) is 2.86. The molecule has 0 aliphatic rings. The summed E-state index contributed by atoms with van der Waals surface area (Å²) in [7, 11) is 0. The van der Waals surface area contributed by atoms with E-state index in [4.69, 9.17) is 0 Å². The van der Waals surface area contributed by atoms with E-state index in [1.165, 1.54) is 15.0 Å². The van der Waals surface area contributed by atoms with E-state index in [0.717, 1.165) is 6.42 Å². The molecular formula is C8H13IN2. The molecule has 0 bridgehead atoms. The van der Waals surface area contributed by atoms with Crippen molar-refractivity contribution in [2.24, 2.45) is 0 Å². The number of rotatable bonds is 2. The molecule has 1 heterocycles. The van der Waals surface area contributed by atoms with Gasteiger partial charge in [0.05, 0.1) is 9.26 Å². The minimum atomic E-state index is 0.576. The van der Waals surface area contributed by atoms with Gasteiger partial charge in [-0.05, 0) is 35.9 Å². The van der Waals surface area contributed by atoms with E-state index >= 15 is 0 Å². The highest BCUT2D eigenvalue weighted by molar-refractivity contribution is 14.1. The number of halogens is 1. The Balaban J connectivity index is 2.94. The van der Waals surface area contributed by atoms with Crippen LogP contribution in [0.4, 0.5) is 0 Å². The van der Waals surface area contributed by atoms with Crippen LogP contribution in [0.15, 0.2) is 0 Å². The molecule has 3 heteroatoms. The monoisotopic (exact) mass is 264 g/mol. The Morgan fingerprint density at radius 3 is 2.64 bits per heavy atom. The number of hydrogen-bond acceptors (Lipinski definition) is 1. The lowest BCUT2D eigenvalue weighted by Gasteiger charge is -2.03. The Morgan fingerprint density at radius 1 is 1.64 bits per heavy atom. The molecule has 0 amide bonds. The topological polar surface area (TPSA) is 28.7 Å². The summed E-state index contributed by atoms with van der Waals surface area (Å²) >= 11 is 2.34. The number of nitrogens with zero attached hydrogens (tertiary/aromatic N) is 1. The Hall–Kier alpha value is -0.0600. The van der Waals surface area contributed by atoms with Crippen molar-refractivity contribution < 1.29 is 0 Å². The molecule has 1 aromatic rings. The largest absolute Gasteiger partial charge is 0.281 e. The molecule has 0 radical (unpaired) electrons. The summed E-state index contributed by atoms with van der Waals surface area (Å²) in [6, 6.07) is 0. The van der Waals surface area contributed by atoms with Gasteiger partial charge in [0.15, 0.2) is 0 Å². The van der Waals surface area contributed by atoms with Gasteiger partial charge in [-0.3, -0.25) is 5.10 Å². The predicted octanol–water partition coefficient (Wildman–Crippen LogP) is 2.84. The van der Waals surface area contributed by atoms with E-state index in [1.54, 1.807) is 0 Å². The van der Waals surface area contributed by atoms with Gasteiger partial charge in [0.25, 0.3) is 0 Å². The summed E-state index contributed by atoms with van der Waals surface area (Å²) in [5, 5.41) is 7.25. The van der Waals surface area contributed by atoms with Gasteiger partial charge in [0.2, 0.25) is 0 Å². The summed E-state index contributed by atoms with van der Waals surface area (Å²) in [6.07, 6.45) is 1.15. The third-order valence-electron chi connectivity index (χ3n) is 1.98. The minimum Gasteiger partial charge on any atom is -0.281 e. The van der Waals surface area contributed by atoms with E-state index in [-0.39, 0.29) is 0 Å². The molecule has 11 heavy (non-hydrogen) atoms. The molecule has 1 N–H and O–H groups in total. The van der Waals surface area contributed by atoms with Crippen LogP contribution in [0.5, 0.6) is 0 Å². The first kappa shape index (κ1) is 9.03. The molecule has 1 rings (SSSR count). The van der Waals surface area contributed by atoms with Crippen molar-refractivity contribution in [2.45, 2.75) is 33.1 Å². The van der Waals surface area contributed by atoms with Crippen LogP contribution in [0, 0.1) is 10.5 Å². The van der Waals surface area contributed by atoms with Crippen molar-refractivity contribution in [2.75, 3.05) is 0 Å². The highest BCUT2D eigenvalue weighted by Crippen LogP contribution is 2.23. The second kappa shape index (κ2) is 3.56. The fourth-order valence-corrected chi connectivity index (χ4v) is 1.73. The third-order valence-corrected chi connectivity index (χ3v) is 3.34. The molecule has 0 spiro atoms. The zero-order chi connectivity index (χ0) is 8.43. The lowest BCUT2D eigenvalue weighted by molar-refractivity contribution is 0.700. The smallest absolute Gasteiger partial charge is 0.0786 e. The van der Waals surface area contributed by atoms with Gasteiger partial charge < -0.3 is 0 Å². The molecule has 62 valence electrons. The highest BCUT2D eigenvalue weighted by atomic mass is 127. The third kappa shape index (κ3) is 1.75. The van der Waals surface area contributed by atoms with Crippen molar-refractivity contribution in [3.63, 3.8) is 0 Å². The molecule has 0 aliphatic heterocycles. The van der Waals surface area contributed by atoms with Crippen LogP contribution in [0.3, 0.4) is 0 Å². The zero-order valence-electron chi connectivity index (χ0n) is 7.11. The molecule has 2 nitrogen and oxygen atoms in total. The Morgan fingerprint density at radius 2 is 2.27 bits per heavy atom. The Labute approximate surface area is 80.9 Å². The fourth-order valence-electron chi connectivity index (χ4n) is 0.954. The van der Waals surface area contributed by atoms with Gasteiger partial charge in [-0.2, -0.15) is 5.10 Å². The number of nitrogens with one attached hydrogen (secondary N) is 1. The van der Waals surface area contributed by atoms with E-state index in [0.29, 0.717) is 5.92 Å². The second-order valence-corrected chi connectivity index (χ2v) is 3.94. The summed E-state index contributed by atoms with van der Waals surface area (Å²) in [5.41, 5.74) is 2.39. The average Bonchev–Trinajstić information content (AvgIpc) is 2.32. The molecule has 1 unspecified atom stereocenters. The molecule has 0 saturated heterocycles. The number of aryl methyl sites for hydroxylation is 1. The van der Waals surface area contributed by atoms with Crippen LogP contribution in [-0.4, -0.2) is 10.2 Å². The molecule has 0 fully saturated rings. The van der Waals surface area contributed by atoms with E-state index < -0.39 is 0 Å². The first-order chi connectivity index (χ1) is 5.16. The number of aromatic amines is 1. The van der Waals surface area contributed by atoms with E-state index in [1.807, 2.05) is 0 Å². The molecule has 0 saturated carbocycles. The molecular weight excluding hydrogens is 251 g/mol. The Kier molecular flexibility index (Phi) is 2.92. The zero-order valence-corrected chi connectivity index (χ0v) is 9.27. The van der Waals surface area contributed by atoms with Gasteiger partial charge in [-0.15, -0.1) is 0 Å². The van der Waals surface area contributed by atoms with Crippen molar-refractivity contribution in [1.82, 2.24) is 10.2 Å². The number of H-pyrrole nitrogens is 1. The first-order valence-corrected chi connectivity index (χ1v) is 4.95. The standard InChI is InChI=1S/C8H13IN2/c1-4-5(2)8-7(9)6(3)10-11-8/h5H,4H2,1-3H3,(H,10,11). The van der Waals surface area contributed by atoms with Crippen LogP contribution < -0.4 is 0 Å². The molecule has 1 atom stereocenters. The van der Waals surface area contributed by atoms with Crippen LogP contribution >= 0.6 is 22.6 Å². The normalized spacial score (nSPS) is 13.5. The van der Waals surface area contributed by atoms with Gasteiger partial charge in [0, 0.05) is 11.6 Å². The van der Waals surface area contributed by atoms with Gasteiger partial charge in [-0.25, -0.2) is 0 Å². The van der Waals surface area contributed by atoms with Crippen molar-refractivity contribution in [3.05, 3.63) is 15.0 Å². The molecule has 0 aromatic carbocycles. The van der Waals surface area contributed by atoms with Crippen molar-refractivity contribution in [1.29, 1.82) is 0 Å². The van der Waals surface area contributed by atoms with E-state index in [2.05, 4.69) is 53.6 Å². The first-order valence-electron chi connectivity index (χ1n) is 3.87. The maximum atomic E-state index is 4.25. The maximum absolute atomic E-state index is 4.25. The predicted molar refractivity (Wildman–Crippen MR) is 54.7 cm³/mol. The molecule has 0 aliphatic carbocycles. The lowest BCUT2D eigenvalue weighted by Crippen LogP contribution is -1.93. The lowest BCUT2D eigenvalue weighted by atomic mass is 10.1. The SMILES string of the molecule is CCC(C)c1n[nH]c(C)c1I.